The number of nitrogens with two attached hydrogens (primary N) is 1. The van der Waals surface area contributed by atoms with Crippen molar-refractivity contribution in [1.82, 2.24) is 20.2 Å². The molecule has 0 amide bonds. The van der Waals surface area contributed by atoms with Crippen LogP contribution in [0.15, 0.2) is 41.5 Å². The number of pyridine rings is 1. The second-order valence-electron chi connectivity index (χ2n) is 6.48. The van der Waals surface area contributed by atoms with Crippen molar-refractivity contribution in [2.45, 2.75) is 26.3 Å². The molecule has 0 spiro atoms. The van der Waals surface area contributed by atoms with Gasteiger partial charge in [-0.25, -0.2) is 10.1 Å². The Morgan fingerprint density at radius 2 is 1.92 bits per heavy atom. The minimum absolute atomic E-state index is 0.208. The largest absolute Gasteiger partial charge is 0.346 e. The Morgan fingerprint density at radius 3 is 2.68 bits per heavy atom. The molecule has 1 aromatic carbocycles. The molecule has 0 atom stereocenters. The van der Waals surface area contributed by atoms with Gasteiger partial charge in [-0.2, -0.15) is 5.10 Å². The van der Waals surface area contributed by atoms with Crippen molar-refractivity contribution in [2.75, 3.05) is 0 Å². The van der Waals surface area contributed by atoms with Gasteiger partial charge in [0.15, 0.2) is 0 Å². The third-order valence-electron chi connectivity index (χ3n) is 4.58. The number of nitrogens with one attached hydrogen (secondary N) is 2. The summed E-state index contributed by atoms with van der Waals surface area (Å²) in [4.78, 5) is 19.7. The Hall–Kier alpha value is -2.99. The highest BCUT2D eigenvalue weighted by Gasteiger charge is 2.11. The molecule has 4 N–H and O–H groups in total. The summed E-state index contributed by atoms with van der Waals surface area (Å²) in [6.07, 6.45) is 3.86. The summed E-state index contributed by atoms with van der Waals surface area (Å²) in [5, 5.41) is 9.04. The van der Waals surface area contributed by atoms with E-state index in [1.54, 1.807) is 0 Å². The first kappa shape index (κ1) is 15.5. The van der Waals surface area contributed by atoms with Gasteiger partial charge in [0.1, 0.15) is 5.65 Å². The molecule has 3 aromatic heterocycles. The summed E-state index contributed by atoms with van der Waals surface area (Å²) >= 11 is 0. The number of hydrogen-bond donors (Lipinski definition) is 3. The fourth-order valence-corrected chi connectivity index (χ4v) is 3.21. The molecule has 0 aliphatic heterocycles. The van der Waals surface area contributed by atoms with Crippen LogP contribution in [0.25, 0.3) is 32.9 Å². The van der Waals surface area contributed by atoms with Crippen LogP contribution in [0.5, 0.6) is 0 Å². The van der Waals surface area contributed by atoms with E-state index in [2.05, 4.69) is 40.1 Å². The molecule has 0 fully saturated rings. The summed E-state index contributed by atoms with van der Waals surface area (Å²) in [5.74, 6) is 0.411. The molecule has 6 heteroatoms. The molecule has 0 bridgehead atoms. The van der Waals surface area contributed by atoms with Crippen LogP contribution in [0.4, 0.5) is 0 Å². The Morgan fingerprint density at radius 1 is 1.12 bits per heavy atom. The van der Waals surface area contributed by atoms with Crippen molar-refractivity contribution in [1.29, 1.82) is 0 Å². The first-order valence-electron chi connectivity index (χ1n) is 8.27. The van der Waals surface area contributed by atoms with E-state index in [-0.39, 0.29) is 12.1 Å². The molecule has 0 saturated carbocycles. The second-order valence-corrected chi connectivity index (χ2v) is 6.48. The molecule has 0 unspecified atom stereocenters. The van der Waals surface area contributed by atoms with E-state index in [0.717, 1.165) is 27.5 Å². The highest BCUT2D eigenvalue weighted by molar-refractivity contribution is 5.90. The highest BCUT2D eigenvalue weighted by atomic mass is 16.1. The SMILES string of the molecule is CC(C)c1c[nH]c2ncc(-c3ccc4c(=O)[nH]nc(CN)c4c3)cc12. The molecular weight excluding hydrogens is 314 g/mol. The van der Waals surface area contributed by atoms with E-state index in [9.17, 15) is 4.79 Å². The third kappa shape index (κ3) is 2.51. The van der Waals surface area contributed by atoms with Crippen molar-refractivity contribution in [3.63, 3.8) is 0 Å². The van der Waals surface area contributed by atoms with Crippen LogP contribution >= 0.6 is 0 Å². The Labute approximate surface area is 144 Å². The van der Waals surface area contributed by atoms with Gasteiger partial charge in [-0.05, 0) is 35.2 Å². The van der Waals surface area contributed by atoms with Gasteiger partial charge in [0.2, 0.25) is 0 Å². The molecule has 6 nitrogen and oxygen atoms in total. The van der Waals surface area contributed by atoms with Gasteiger partial charge in [-0.1, -0.05) is 19.9 Å². The maximum absolute atomic E-state index is 12.0. The number of nitrogens with zero attached hydrogens (tertiary/aromatic N) is 2. The fourth-order valence-electron chi connectivity index (χ4n) is 3.21. The summed E-state index contributed by atoms with van der Waals surface area (Å²) in [5.41, 5.74) is 10.3. The summed E-state index contributed by atoms with van der Waals surface area (Å²) in [6.45, 7) is 4.59. The quantitative estimate of drug-likeness (QED) is 0.536. The normalized spacial score (nSPS) is 11.7. The predicted molar refractivity (Wildman–Crippen MR) is 99.4 cm³/mol. The lowest BCUT2D eigenvalue weighted by Crippen LogP contribution is -2.13. The molecule has 0 aliphatic rings. The van der Waals surface area contributed by atoms with E-state index < -0.39 is 0 Å². The van der Waals surface area contributed by atoms with Crippen LogP contribution in [0.3, 0.4) is 0 Å². The van der Waals surface area contributed by atoms with Crippen LogP contribution in [0.1, 0.15) is 31.0 Å². The number of rotatable bonds is 3. The van der Waals surface area contributed by atoms with E-state index in [4.69, 9.17) is 5.73 Å². The average Bonchev–Trinajstić information content (AvgIpc) is 3.05. The van der Waals surface area contributed by atoms with Crippen molar-refractivity contribution in [3.8, 4) is 11.1 Å². The van der Waals surface area contributed by atoms with Crippen LogP contribution in [0.2, 0.25) is 0 Å². The monoisotopic (exact) mass is 333 g/mol. The minimum Gasteiger partial charge on any atom is -0.346 e. The average molecular weight is 333 g/mol. The molecule has 0 saturated heterocycles. The van der Waals surface area contributed by atoms with Crippen molar-refractivity contribution < 1.29 is 0 Å². The van der Waals surface area contributed by atoms with Crippen LogP contribution in [-0.2, 0) is 6.54 Å². The zero-order chi connectivity index (χ0) is 17.6. The van der Waals surface area contributed by atoms with Crippen LogP contribution in [0, 0.1) is 0 Å². The molecule has 25 heavy (non-hydrogen) atoms. The van der Waals surface area contributed by atoms with E-state index in [1.807, 2.05) is 30.6 Å². The number of H-pyrrole nitrogens is 2. The van der Waals surface area contributed by atoms with Crippen molar-refractivity contribution in [3.05, 3.63) is 58.3 Å². The van der Waals surface area contributed by atoms with Crippen molar-refractivity contribution in [2.24, 2.45) is 5.73 Å². The topological polar surface area (TPSA) is 100 Å². The smallest absolute Gasteiger partial charge is 0.272 e. The van der Waals surface area contributed by atoms with Gasteiger partial charge in [-0.15, -0.1) is 0 Å². The van der Waals surface area contributed by atoms with Crippen molar-refractivity contribution >= 4 is 21.8 Å². The second kappa shape index (κ2) is 5.82. The standard InChI is InChI=1S/C19H19N5O/c1-10(2)16-9-22-18-15(16)6-12(8-21-18)11-3-4-13-14(5-11)17(7-20)23-24-19(13)25/h3-6,8-10H,7,20H2,1-2H3,(H,21,22)(H,24,25). The molecular formula is C19H19N5O. The molecule has 0 aliphatic carbocycles. The van der Waals surface area contributed by atoms with Gasteiger partial charge < -0.3 is 10.7 Å². The molecule has 0 radical (unpaired) electrons. The van der Waals surface area contributed by atoms with Gasteiger partial charge in [0.05, 0.1) is 11.1 Å². The molecule has 3 heterocycles. The fraction of sp³-hybridized carbons (Fsp3) is 0.211. The maximum atomic E-state index is 12.0. The van der Waals surface area contributed by atoms with Gasteiger partial charge in [0, 0.05) is 35.3 Å². The molecule has 4 rings (SSSR count). The Kier molecular flexibility index (Phi) is 3.62. The van der Waals surface area contributed by atoms with E-state index >= 15 is 0 Å². The summed E-state index contributed by atoms with van der Waals surface area (Å²) < 4.78 is 0. The Bertz CT molecular complexity index is 1140. The number of aromatic nitrogens is 4. The zero-order valence-corrected chi connectivity index (χ0v) is 14.1. The number of fused-ring (bicyclic) bond motifs is 2. The Balaban J connectivity index is 1.93. The zero-order valence-electron chi connectivity index (χ0n) is 14.1. The lowest BCUT2D eigenvalue weighted by Gasteiger charge is -2.07. The van der Waals surface area contributed by atoms with E-state index in [0.29, 0.717) is 17.0 Å². The maximum Gasteiger partial charge on any atom is 0.272 e. The molecule has 126 valence electrons. The lowest BCUT2D eigenvalue weighted by atomic mass is 9.99. The highest BCUT2D eigenvalue weighted by Crippen LogP contribution is 2.29. The number of aromatic amines is 2. The summed E-state index contributed by atoms with van der Waals surface area (Å²) in [7, 11) is 0. The van der Waals surface area contributed by atoms with Gasteiger partial charge in [0.25, 0.3) is 5.56 Å². The van der Waals surface area contributed by atoms with E-state index in [1.165, 1.54) is 5.56 Å². The lowest BCUT2D eigenvalue weighted by molar-refractivity contribution is 0.875. The first-order chi connectivity index (χ1) is 12.1. The van der Waals surface area contributed by atoms with Gasteiger partial charge >= 0.3 is 0 Å². The first-order valence-corrected chi connectivity index (χ1v) is 8.27. The predicted octanol–water partition coefficient (Wildman–Crippen LogP) is 3.05. The van der Waals surface area contributed by atoms with Crippen LogP contribution in [-0.4, -0.2) is 20.2 Å². The summed E-state index contributed by atoms with van der Waals surface area (Å²) in [6, 6.07) is 7.85. The number of benzene rings is 1. The van der Waals surface area contributed by atoms with Gasteiger partial charge in [-0.3, -0.25) is 4.79 Å². The molecule has 4 aromatic rings. The number of hydrogen-bond acceptors (Lipinski definition) is 4. The minimum atomic E-state index is -0.208. The third-order valence-corrected chi connectivity index (χ3v) is 4.58. The van der Waals surface area contributed by atoms with Crippen LogP contribution < -0.4 is 11.3 Å².